The molecule has 1 aliphatic heterocycles. The second-order valence-corrected chi connectivity index (χ2v) is 5.42. The van der Waals surface area contributed by atoms with Crippen molar-refractivity contribution in [2.45, 2.75) is 18.9 Å². The molecule has 0 bridgehead atoms. The summed E-state index contributed by atoms with van der Waals surface area (Å²) < 4.78 is 10.8. The lowest BCUT2D eigenvalue weighted by Gasteiger charge is -2.27. The molecular formula is C15H21N3O2. The molecule has 108 valence electrons. The second kappa shape index (κ2) is 5.23. The van der Waals surface area contributed by atoms with Gasteiger partial charge in [-0.05, 0) is 37.0 Å². The van der Waals surface area contributed by atoms with Crippen molar-refractivity contribution in [2.24, 2.45) is 16.6 Å². The summed E-state index contributed by atoms with van der Waals surface area (Å²) in [4.78, 5) is 6.61. The Hall–Kier alpha value is -1.91. The summed E-state index contributed by atoms with van der Waals surface area (Å²) in [6.07, 6.45) is 2.59. The highest BCUT2D eigenvalue weighted by molar-refractivity contribution is 5.80. The SMILES string of the molecule is COc1ccc(OC)c(C2CN=C(N)N2CC2CC2)c1. The molecule has 1 aromatic carbocycles. The van der Waals surface area contributed by atoms with Gasteiger partial charge < -0.3 is 20.1 Å². The number of benzene rings is 1. The third kappa shape index (κ3) is 2.40. The maximum atomic E-state index is 6.05. The van der Waals surface area contributed by atoms with Gasteiger partial charge in [-0.3, -0.25) is 4.99 Å². The van der Waals surface area contributed by atoms with Crippen molar-refractivity contribution in [3.63, 3.8) is 0 Å². The maximum absolute atomic E-state index is 6.05. The molecule has 5 heteroatoms. The normalized spacial score (nSPS) is 21.8. The molecule has 1 atom stereocenters. The summed E-state index contributed by atoms with van der Waals surface area (Å²) in [5.41, 5.74) is 7.14. The van der Waals surface area contributed by atoms with Gasteiger partial charge in [-0.2, -0.15) is 0 Å². The fourth-order valence-electron chi connectivity index (χ4n) is 2.69. The smallest absolute Gasteiger partial charge is 0.191 e. The lowest BCUT2D eigenvalue weighted by Crippen LogP contribution is -2.37. The molecule has 0 saturated heterocycles. The molecule has 1 unspecified atom stereocenters. The van der Waals surface area contributed by atoms with Crippen LogP contribution in [0.15, 0.2) is 23.2 Å². The van der Waals surface area contributed by atoms with Gasteiger partial charge in [0.15, 0.2) is 5.96 Å². The molecule has 0 amide bonds. The minimum Gasteiger partial charge on any atom is -0.497 e. The molecule has 1 saturated carbocycles. The second-order valence-electron chi connectivity index (χ2n) is 5.42. The Morgan fingerprint density at radius 2 is 2.10 bits per heavy atom. The number of hydrogen-bond donors (Lipinski definition) is 1. The molecular weight excluding hydrogens is 254 g/mol. The van der Waals surface area contributed by atoms with Crippen LogP contribution in [0.4, 0.5) is 0 Å². The Balaban J connectivity index is 1.90. The molecule has 3 rings (SSSR count). The van der Waals surface area contributed by atoms with Crippen LogP contribution in [-0.2, 0) is 0 Å². The first-order valence-corrected chi connectivity index (χ1v) is 7.01. The van der Waals surface area contributed by atoms with Crippen molar-refractivity contribution < 1.29 is 9.47 Å². The first-order valence-electron chi connectivity index (χ1n) is 7.01. The van der Waals surface area contributed by atoms with Crippen molar-refractivity contribution in [3.05, 3.63) is 23.8 Å². The highest BCUT2D eigenvalue weighted by atomic mass is 16.5. The van der Waals surface area contributed by atoms with E-state index in [-0.39, 0.29) is 6.04 Å². The average Bonchev–Trinajstić information content (AvgIpc) is 3.22. The molecule has 5 nitrogen and oxygen atoms in total. The Labute approximate surface area is 119 Å². The largest absolute Gasteiger partial charge is 0.497 e. The molecule has 2 N–H and O–H groups in total. The zero-order chi connectivity index (χ0) is 14.1. The van der Waals surface area contributed by atoms with Gasteiger partial charge in [0.05, 0.1) is 26.8 Å². The summed E-state index contributed by atoms with van der Waals surface area (Å²) in [6, 6.07) is 6.03. The Bertz CT molecular complexity index is 526. The summed E-state index contributed by atoms with van der Waals surface area (Å²) in [5.74, 6) is 3.10. The van der Waals surface area contributed by atoms with E-state index < -0.39 is 0 Å². The van der Waals surface area contributed by atoms with Gasteiger partial charge in [0.2, 0.25) is 0 Å². The van der Waals surface area contributed by atoms with Crippen LogP contribution in [0.3, 0.4) is 0 Å². The number of rotatable bonds is 5. The first-order chi connectivity index (χ1) is 9.72. The Kier molecular flexibility index (Phi) is 3.42. The van der Waals surface area contributed by atoms with Crippen LogP contribution in [0.2, 0.25) is 0 Å². The predicted molar refractivity (Wildman–Crippen MR) is 78.2 cm³/mol. The molecule has 1 heterocycles. The summed E-state index contributed by atoms with van der Waals surface area (Å²) in [6.45, 7) is 1.67. The van der Waals surface area contributed by atoms with Crippen molar-refractivity contribution in [1.29, 1.82) is 0 Å². The summed E-state index contributed by atoms with van der Waals surface area (Å²) in [7, 11) is 3.36. The quantitative estimate of drug-likeness (QED) is 0.890. The van der Waals surface area contributed by atoms with Crippen molar-refractivity contribution >= 4 is 5.96 Å². The molecule has 0 spiro atoms. The van der Waals surface area contributed by atoms with E-state index in [9.17, 15) is 0 Å². The molecule has 0 aromatic heterocycles. The molecule has 20 heavy (non-hydrogen) atoms. The summed E-state index contributed by atoms with van der Waals surface area (Å²) >= 11 is 0. The van der Waals surface area contributed by atoms with Crippen molar-refractivity contribution in [3.8, 4) is 11.5 Å². The summed E-state index contributed by atoms with van der Waals surface area (Å²) in [5, 5.41) is 0. The van der Waals surface area contributed by atoms with E-state index in [1.165, 1.54) is 12.8 Å². The standard InChI is InChI=1S/C15H21N3O2/c1-19-11-5-6-14(20-2)12(7-11)13-8-17-15(16)18(13)9-10-3-4-10/h5-7,10,13H,3-4,8-9H2,1-2H3,(H2,16,17). The van der Waals surface area contributed by atoms with E-state index in [0.717, 1.165) is 29.5 Å². The molecule has 1 aliphatic carbocycles. The predicted octanol–water partition coefficient (Wildman–Crippen LogP) is 1.79. The molecule has 1 fully saturated rings. The van der Waals surface area contributed by atoms with Crippen LogP contribution >= 0.6 is 0 Å². The number of guanidine groups is 1. The van der Waals surface area contributed by atoms with E-state index in [0.29, 0.717) is 12.5 Å². The van der Waals surface area contributed by atoms with E-state index in [2.05, 4.69) is 9.89 Å². The van der Waals surface area contributed by atoms with Gasteiger partial charge in [-0.15, -0.1) is 0 Å². The van der Waals surface area contributed by atoms with Gasteiger partial charge in [0, 0.05) is 12.1 Å². The number of nitrogens with two attached hydrogens (primary N) is 1. The van der Waals surface area contributed by atoms with Crippen LogP contribution in [-0.4, -0.2) is 38.2 Å². The van der Waals surface area contributed by atoms with E-state index >= 15 is 0 Å². The minimum atomic E-state index is 0.153. The van der Waals surface area contributed by atoms with Crippen LogP contribution in [0.1, 0.15) is 24.4 Å². The minimum absolute atomic E-state index is 0.153. The fraction of sp³-hybridized carbons (Fsp3) is 0.533. The van der Waals surface area contributed by atoms with Gasteiger partial charge in [-0.25, -0.2) is 0 Å². The zero-order valence-electron chi connectivity index (χ0n) is 12.0. The van der Waals surface area contributed by atoms with Crippen molar-refractivity contribution in [1.82, 2.24) is 4.90 Å². The monoisotopic (exact) mass is 275 g/mol. The third-order valence-electron chi connectivity index (χ3n) is 4.04. The van der Waals surface area contributed by atoms with E-state index in [1.54, 1.807) is 14.2 Å². The Morgan fingerprint density at radius 1 is 1.30 bits per heavy atom. The molecule has 2 aliphatic rings. The van der Waals surface area contributed by atoms with Gasteiger partial charge in [-0.1, -0.05) is 0 Å². The van der Waals surface area contributed by atoms with Gasteiger partial charge >= 0.3 is 0 Å². The van der Waals surface area contributed by atoms with Gasteiger partial charge in [0.25, 0.3) is 0 Å². The maximum Gasteiger partial charge on any atom is 0.191 e. The topological polar surface area (TPSA) is 60.1 Å². The number of aliphatic imine (C=N–C) groups is 1. The lowest BCUT2D eigenvalue weighted by atomic mass is 10.0. The van der Waals surface area contributed by atoms with E-state index in [1.807, 2.05) is 18.2 Å². The Morgan fingerprint density at radius 3 is 2.75 bits per heavy atom. The molecule has 0 radical (unpaired) electrons. The fourth-order valence-corrected chi connectivity index (χ4v) is 2.69. The number of hydrogen-bond acceptors (Lipinski definition) is 5. The van der Waals surface area contributed by atoms with Crippen LogP contribution in [0.5, 0.6) is 11.5 Å². The highest BCUT2D eigenvalue weighted by Crippen LogP contribution is 2.38. The highest BCUT2D eigenvalue weighted by Gasteiger charge is 2.34. The van der Waals surface area contributed by atoms with Crippen LogP contribution < -0.4 is 15.2 Å². The van der Waals surface area contributed by atoms with Crippen molar-refractivity contribution in [2.75, 3.05) is 27.3 Å². The first kappa shape index (κ1) is 13.1. The third-order valence-corrected chi connectivity index (χ3v) is 4.04. The van der Waals surface area contributed by atoms with Gasteiger partial charge in [0.1, 0.15) is 11.5 Å². The van der Waals surface area contributed by atoms with E-state index in [4.69, 9.17) is 15.2 Å². The van der Waals surface area contributed by atoms with Crippen LogP contribution in [0, 0.1) is 5.92 Å². The molecule has 1 aromatic rings. The van der Waals surface area contributed by atoms with Crippen LogP contribution in [0.25, 0.3) is 0 Å². The zero-order valence-corrected chi connectivity index (χ0v) is 12.0. The average molecular weight is 275 g/mol. The number of nitrogens with zero attached hydrogens (tertiary/aromatic N) is 2. The lowest BCUT2D eigenvalue weighted by molar-refractivity contribution is 0.318. The number of methoxy groups -OCH3 is 2. The number of ether oxygens (including phenoxy) is 2.